The summed E-state index contributed by atoms with van der Waals surface area (Å²) in [5, 5.41) is 20.1. The highest BCUT2D eigenvalue weighted by atomic mass is 15.3. The molecule has 6 heteroatoms. The Hall–Kier alpha value is -2.13. The van der Waals surface area contributed by atoms with Crippen molar-refractivity contribution in [2.75, 3.05) is 19.6 Å². The molecule has 0 amide bonds. The summed E-state index contributed by atoms with van der Waals surface area (Å²) in [4.78, 5) is 2.46. The number of nitrogens with zero attached hydrogens (tertiary/aromatic N) is 5. The maximum absolute atomic E-state index is 8.79. The van der Waals surface area contributed by atoms with Gasteiger partial charge in [0.25, 0.3) is 0 Å². The third-order valence-electron chi connectivity index (χ3n) is 3.88. The van der Waals surface area contributed by atoms with Crippen molar-refractivity contribution < 1.29 is 0 Å². The summed E-state index contributed by atoms with van der Waals surface area (Å²) in [6, 6.07) is 4.17. The van der Waals surface area contributed by atoms with Crippen molar-refractivity contribution >= 4 is 0 Å². The standard InChI is InChI=1S/C14H18N6/c15-8-12-9-17-20(10-12)7-6-19-5-1-2-13(11-19)14-3-4-16-18-14/h3-4,9-10,13H,1-2,5-7,11H2,(H,16,18). The first-order valence-corrected chi connectivity index (χ1v) is 6.99. The summed E-state index contributed by atoms with van der Waals surface area (Å²) < 4.78 is 1.85. The second kappa shape index (κ2) is 5.88. The number of H-pyrrole nitrogens is 1. The van der Waals surface area contributed by atoms with Crippen molar-refractivity contribution in [3.05, 3.63) is 35.9 Å². The largest absolute Gasteiger partial charge is 0.301 e. The Morgan fingerprint density at radius 2 is 2.40 bits per heavy atom. The summed E-state index contributed by atoms with van der Waals surface area (Å²) in [6.07, 6.45) is 7.67. The molecule has 0 radical (unpaired) electrons. The minimum absolute atomic E-state index is 0.554. The van der Waals surface area contributed by atoms with Crippen molar-refractivity contribution in [2.24, 2.45) is 0 Å². The van der Waals surface area contributed by atoms with Crippen LogP contribution in [0.25, 0.3) is 0 Å². The van der Waals surface area contributed by atoms with Crippen molar-refractivity contribution in [1.29, 1.82) is 5.26 Å². The molecule has 0 aromatic carbocycles. The summed E-state index contributed by atoms with van der Waals surface area (Å²) >= 11 is 0. The molecule has 0 bridgehead atoms. The first kappa shape index (κ1) is 12.9. The van der Waals surface area contributed by atoms with Gasteiger partial charge in [-0.15, -0.1) is 0 Å². The van der Waals surface area contributed by atoms with Crippen molar-refractivity contribution in [2.45, 2.75) is 25.3 Å². The molecule has 3 rings (SSSR count). The van der Waals surface area contributed by atoms with Gasteiger partial charge in [0, 0.05) is 37.1 Å². The van der Waals surface area contributed by atoms with Crippen LogP contribution < -0.4 is 0 Å². The van der Waals surface area contributed by atoms with Gasteiger partial charge in [0.1, 0.15) is 6.07 Å². The third kappa shape index (κ3) is 2.89. The van der Waals surface area contributed by atoms with Crippen LogP contribution in [-0.2, 0) is 6.54 Å². The number of piperidine rings is 1. The molecule has 1 aliphatic heterocycles. The van der Waals surface area contributed by atoms with Crippen LogP contribution in [0.3, 0.4) is 0 Å². The van der Waals surface area contributed by atoms with Gasteiger partial charge in [-0.3, -0.25) is 9.78 Å². The van der Waals surface area contributed by atoms with Gasteiger partial charge in [-0.05, 0) is 25.5 Å². The van der Waals surface area contributed by atoms with E-state index in [4.69, 9.17) is 5.26 Å². The Balaban J connectivity index is 1.54. The minimum atomic E-state index is 0.554. The Kier molecular flexibility index (Phi) is 3.79. The maximum atomic E-state index is 8.79. The Labute approximate surface area is 118 Å². The van der Waals surface area contributed by atoms with Crippen LogP contribution in [0.5, 0.6) is 0 Å². The number of aromatic nitrogens is 4. The topological polar surface area (TPSA) is 73.5 Å². The fourth-order valence-corrected chi connectivity index (χ4v) is 2.79. The summed E-state index contributed by atoms with van der Waals surface area (Å²) in [5.74, 6) is 0.554. The van der Waals surface area contributed by atoms with Gasteiger partial charge in [0.15, 0.2) is 0 Å². The normalized spacial score (nSPS) is 19.9. The van der Waals surface area contributed by atoms with E-state index in [-0.39, 0.29) is 0 Å². The van der Waals surface area contributed by atoms with Gasteiger partial charge >= 0.3 is 0 Å². The van der Waals surface area contributed by atoms with Crippen LogP contribution in [-0.4, -0.2) is 44.5 Å². The Bertz CT molecular complexity index is 579. The molecule has 1 aliphatic rings. The molecule has 3 heterocycles. The lowest BCUT2D eigenvalue weighted by molar-refractivity contribution is 0.197. The zero-order valence-corrected chi connectivity index (χ0v) is 11.4. The lowest BCUT2D eigenvalue weighted by atomic mass is 9.95. The number of nitrogens with one attached hydrogen (secondary N) is 1. The summed E-state index contributed by atoms with van der Waals surface area (Å²) in [6.45, 7) is 4.00. The van der Waals surface area contributed by atoms with Crippen LogP contribution in [0.1, 0.15) is 30.0 Å². The van der Waals surface area contributed by atoms with E-state index in [2.05, 4.69) is 32.3 Å². The second-order valence-corrected chi connectivity index (χ2v) is 5.26. The molecule has 1 unspecified atom stereocenters. The van der Waals surface area contributed by atoms with Crippen LogP contribution in [0.4, 0.5) is 0 Å². The molecule has 2 aromatic heterocycles. The summed E-state index contributed by atoms with van der Waals surface area (Å²) in [7, 11) is 0. The molecule has 104 valence electrons. The Morgan fingerprint density at radius 3 is 3.15 bits per heavy atom. The number of hydrogen-bond donors (Lipinski definition) is 1. The highest BCUT2D eigenvalue weighted by Crippen LogP contribution is 2.24. The molecule has 1 atom stereocenters. The van der Waals surface area contributed by atoms with E-state index >= 15 is 0 Å². The van der Waals surface area contributed by atoms with E-state index in [1.54, 1.807) is 12.4 Å². The van der Waals surface area contributed by atoms with Crippen LogP contribution >= 0.6 is 0 Å². The molecule has 6 nitrogen and oxygen atoms in total. The van der Waals surface area contributed by atoms with Crippen LogP contribution in [0, 0.1) is 11.3 Å². The zero-order chi connectivity index (χ0) is 13.8. The van der Waals surface area contributed by atoms with Gasteiger partial charge in [0.2, 0.25) is 0 Å². The molecule has 1 fully saturated rings. The first-order valence-electron chi connectivity index (χ1n) is 6.99. The molecular weight excluding hydrogens is 252 g/mol. The van der Waals surface area contributed by atoms with Gasteiger partial charge < -0.3 is 4.90 Å². The number of likely N-dealkylation sites (tertiary alicyclic amines) is 1. The quantitative estimate of drug-likeness (QED) is 0.910. The van der Waals surface area contributed by atoms with Gasteiger partial charge in [-0.2, -0.15) is 15.5 Å². The lowest BCUT2D eigenvalue weighted by Crippen LogP contribution is -2.36. The minimum Gasteiger partial charge on any atom is -0.301 e. The van der Waals surface area contributed by atoms with E-state index in [1.807, 2.05) is 10.9 Å². The first-order chi connectivity index (χ1) is 9.85. The molecule has 1 saturated heterocycles. The number of rotatable bonds is 4. The maximum Gasteiger partial charge on any atom is 0.102 e. The monoisotopic (exact) mass is 270 g/mol. The van der Waals surface area contributed by atoms with E-state index < -0.39 is 0 Å². The van der Waals surface area contributed by atoms with Crippen molar-refractivity contribution in [3.63, 3.8) is 0 Å². The van der Waals surface area contributed by atoms with Gasteiger partial charge in [0.05, 0.1) is 18.3 Å². The molecule has 2 aromatic rings. The van der Waals surface area contributed by atoms with E-state index in [0.717, 1.165) is 26.2 Å². The van der Waals surface area contributed by atoms with Gasteiger partial charge in [-0.25, -0.2) is 0 Å². The molecule has 20 heavy (non-hydrogen) atoms. The Morgan fingerprint density at radius 1 is 1.45 bits per heavy atom. The third-order valence-corrected chi connectivity index (χ3v) is 3.88. The molecule has 0 aliphatic carbocycles. The smallest absolute Gasteiger partial charge is 0.102 e. The number of nitriles is 1. The van der Waals surface area contributed by atoms with Crippen molar-refractivity contribution in [1.82, 2.24) is 24.9 Å². The van der Waals surface area contributed by atoms with E-state index in [1.165, 1.54) is 18.5 Å². The highest BCUT2D eigenvalue weighted by molar-refractivity contribution is 5.21. The van der Waals surface area contributed by atoms with Crippen molar-refractivity contribution in [3.8, 4) is 6.07 Å². The average molecular weight is 270 g/mol. The predicted molar refractivity (Wildman–Crippen MR) is 73.9 cm³/mol. The fraction of sp³-hybridized carbons (Fsp3) is 0.500. The van der Waals surface area contributed by atoms with Gasteiger partial charge in [-0.1, -0.05) is 0 Å². The van der Waals surface area contributed by atoms with Crippen LogP contribution in [0.2, 0.25) is 0 Å². The fourth-order valence-electron chi connectivity index (χ4n) is 2.79. The molecule has 1 N–H and O–H groups in total. The second-order valence-electron chi connectivity index (χ2n) is 5.26. The van der Waals surface area contributed by atoms with E-state index in [9.17, 15) is 0 Å². The number of hydrogen-bond acceptors (Lipinski definition) is 4. The zero-order valence-electron chi connectivity index (χ0n) is 11.4. The van der Waals surface area contributed by atoms with Crippen LogP contribution in [0.15, 0.2) is 24.7 Å². The predicted octanol–water partition coefficient (Wildman–Crippen LogP) is 1.36. The summed E-state index contributed by atoms with van der Waals surface area (Å²) in [5.41, 5.74) is 1.86. The lowest BCUT2D eigenvalue weighted by Gasteiger charge is -2.32. The molecule has 0 saturated carbocycles. The van der Waals surface area contributed by atoms with E-state index in [0.29, 0.717) is 11.5 Å². The average Bonchev–Trinajstić information content (AvgIpc) is 3.17. The SMILES string of the molecule is N#Cc1cnn(CCN2CCCC(c3ccn[nH]3)C2)c1. The highest BCUT2D eigenvalue weighted by Gasteiger charge is 2.21. The molecular formula is C14H18N6. The molecule has 0 spiro atoms. The number of aromatic amines is 1.